The topological polar surface area (TPSA) is 115 Å². The van der Waals surface area contributed by atoms with Gasteiger partial charge in [0.25, 0.3) is 0 Å². The summed E-state index contributed by atoms with van der Waals surface area (Å²) in [6.07, 6.45) is 3.28. The van der Waals surface area contributed by atoms with Crippen molar-refractivity contribution in [1.82, 2.24) is 24.9 Å². The SMILES string of the molecule is COC(=O)c1cccc(Nc2nccc(Nc3ccnc(-c4cccc(C)n4)n3)n2)c1. The molecule has 3 aromatic heterocycles. The summed E-state index contributed by atoms with van der Waals surface area (Å²) in [5, 5.41) is 6.23. The smallest absolute Gasteiger partial charge is 0.337 e. The predicted octanol–water partition coefficient (Wildman–Crippen LogP) is 3.91. The molecule has 4 aromatic rings. The molecule has 0 atom stereocenters. The van der Waals surface area contributed by atoms with Crippen LogP contribution in [0, 0.1) is 6.92 Å². The lowest BCUT2D eigenvalue weighted by Crippen LogP contribution is -2.04. The van der Waals surface area contributed by atoms with Gasteiger partial charge in [0.2, 0.25) is 5.95 Å². The molecule has 0 amide bonds. The molecule has 3 heterocycles. The van der Waals surface area contributed by atoms with E-state index in [9.17, 15) is 4.79 Å². The summed E-state index contributed by atoms with van der Waals surface area (Å²) in [6, 6.07) is 16.1. The van der Waals surface area contributed by atoms with Crippen LogP contribution in [0.3, 0.4) is 0 Å². The van der Waals surface area contributed by atoms with Crippen LogP contribution in [-0.4, -0.2) is 38.0 Å². The van der Waals surface area contributed by atoms with Crippen molar-refractivity contribution in [3.05, 3.63) is 78.2 Å². The van der Waals surface area contributed by atoms with Gasteiger partial charge in [0, 0.05) is 23.8 Å². The van der Waals surface area contributed by atoms with E-state index in [2.05, 4.69) is 35.6 Å². The number of benzene rings is 1. The lowest BCUT2D eigenvalue weighted by atomic mass is 10.2. The van der Waals surface area contributed by atoms with Gasteiger partial charge in [-0.2, -0.15) is 4.98 Å². The Hall–Kier alpha value is -4.40. The monoisotopic (exact) mass is 413 g/mol. The fourth-order valence-corrected chi connectivity index (χ4v) is 2.81. The minimum atomic E-state index is -0.414. The number of nitrogens with zero attached hydrogens (tertiary/aromatic N) is 5. The number of anilines is 4. The van der Waals surface area contributed by atoms with E-state index in [1.807, 2.05) is 25.1 Å². The van der Waals surface area contributed by atoms with Crippen LogP contribution in [0.2, 0.25) is 0 Å². The van der Waals surface area contributed by atoms with Gasteiger partial charge in [0.15, 0.2) is 5.82 Å². The van der Waals surface area contributed by atoms with Crippen molar-refractivity contribution in [1.29, 1.82) is 0 Å². The summed E-state index contributed by atoms with van der Waals surface area (Å²) in [4.78, 5) is 33.7. The highest BCUT2D eigenvalue weighted by atomic mass is 16.5. The second-order valence-electron chi connectivity index (χ2n) is 6.52. The van der Waals surface area contributed by atoms with E-state index < -0.39 is 5.97 Å². The van der Waals surface area contributed by atoms with E-state index in [4.69, 9.17) is 4.74 Å². The maximum absolute atomic E-state index is 11.7. The molecular formula is C22H19N7O2. The van der Waals surface area contributed by atoms with Crippen molar-refractivity contribution in [2.75, 3.05) is 17.7 Å². The number of aryl methyl sites for hydroxylation is 1. The maximum atomic E-state index is 11.7. The Balaban J connectivity index is 1.52. The number of rotatable bonds is 6. The average Bonchev–Trinajstić information content (AvgIpc) is 2.79. The summed E-state index contributed by atoms with van der Waals surface area (Å²) < 4.78 is 4.75. The van der Waals surface area contributed by atoms with Crippen LogP contribution in [0.4, 0.5) is 23.3 Å². The first-order chi connectivity index (χ1) is 15.1. The lowest BCUT2D eigenvalue weighted by molar-refractivity contribution is 0.0601. The Kier molecular flexibility index (Phi) is 5.75. The number of aromatic nitrogens is 5. The van der Waals surface area contributed by atoms with E-state index in [-0.39, 0.29) is 0 Å². The van der Waals surface area contributed by atoms with Crippen molar-refractivity contribution in [3.8, 4) is 11.5 Å². The third kappa shape index (κ3) is 4.96. The Morgan fingerprint density at radius 3 is 2.45 bits per heavy atom. The summed E-state index contributed by atoms with van der Waals surface area (Å²) in [6.45, 7) is 1.92. The van der Waals surface area contributed by atoms with Crippen LogP contribution in [0.15, 0.2) is 67.0 Å². The number of esters is 1. The Morgan fingerprint density at radius 2 is 1.65 bits per heavy atom. The second-order valence-corrected chi connectivity index (χ2v) is 6.52. The third-order valence-electron chi connectivity index (χ3n) is 4.22. The highest BCUT2D eigenvalue weighted by molar-refractivity contribution is 5.90. The normalized spacial score (nSPS) is 10.4. The van der Waals surface area contributed by atoms with Crippen LogP contribution < -0.4 is 10.6 Å². The molecule has 0 aliphatic carbocycles. The molecule has 0 fully saturated rings. The van der Waals surface area contributed by atoms with E-state index in [0.29, 0.717) is 40.4 Å². The number of pyridine rings is 1. The van der Waals surface area contributed by atoms with E-state index >= 15 is 0 Å². The van der Waals surface area contributed by atoms with Crippen LogP contribution in [0.1, 0.15) is 16.1 Å². The van der Waals surface area contributed by atoms with Crippen molar-refractivity contribution in [2.24, 2.45) is 0 Å². The third-order valence-corrected chi connectivity index (χ3v) is 4.22. The van der Waals surface area contributed by atoms with Gasteiger partial charge >= 0.3 is 5.97 Å². The van der Waals surface area contributed by atoms with Crippen LogP contribution >= 0.6 is 0 Å². The zero-order valence-corrected chi connectivity index (χ0v) is 16.9. The van der Waals surface area contributed by atoms with Gasteiger partial charge in [-0.05, 0) is 49.4 Å². The van der Waals surface area contributed by atoms with Crippen molar-refractivity contribution >= 4 is 29.2 Å². The van der Waals surface area contributed by atoms with E-state index in [0.717, 1.165) is 5.69 Å². The van der Waals surface area contributed by atoms with Gasteiger partial charge in [-0.15, -0.1) is 0 Å². The van der Waals surface area contributed by atoms with Gasteiger partial charge < -0.3 is 15.4 Å². The molecule has 0 unspecified atom stereocenters. The zero-order chi connectivity index (χ0) is 21.6. The van der Waals surface area contributed by atoms with Crippen molar-refractivity contribution in [2.45, 2.75) is 6.92 Å². The average molecular weight is 413 g/mol. The molecule has 9 nitrogen and oxygen atoms in total. The summed E-state index contributed by atoms with van der Waals surface area (Å²) >= 11 is 0. The first-order valence-corrected chi connectivity index (χ1v) is 9.43. The summed E-state index contributed by atoms with van der Waals surface area (Å²) in [5.74, 6) is 1.58. The Labute approximate surface area is 178 Å². The number of nitrogens with one attached hydrogen (secondary N) is 2. The molecule has 4 rings (SSSR count). The molecule has 9 heteroatoms. The minimum absolute atomic E-state index is 0.363. The maximum Gasteiger partial charge on any atom is 0.337 e. The van der Waals surface area contributed by atoms with Gasteiger partial charge in [-0.3, -0.25) is 0 Å². The number of ether oxygens (including phenoxy) is 1. The molecular weight excluding hydrogens is 394 g/mol. The fourth-order valence-electron chi connectivity index (χ4n) is 2.81. The number of methoxy groups -OCH3 is 1. The van der Waals surface area contributed by atoms with Crippen molar-refractivity contribution in [3.63, 3.8) is 0 Å². The largest absolute Gasteiger partial charge is 0.465 e. The molecule has 0 radical (unpaired) electrons. The molecule has 0 aliphatic rings. The molecule has 0 saturated heterocycles. The van der Waals surface area contributed by atoms with Gasteiger partial charge in [0.1, 0.15) is 17.3 Å². The molecule has 0 aliphatic heterocycles. The number of carbonyl (C=O) groups excluding carboxylic acids is 1. The molecule has 31 heavy (non-hydrogen) atoms. The second kappa shape index (κ2) is 8.95. The first kappa shape index (κ1) is 19.9. The molecule has 2 N–H and O–H groups in total. The lowest BCUT2D eigenvalue weighted by Gasteiger charge is -2.09. The van der Waals surface area contributed by atoms with Crippen LogP contribution in [-0.2, 0) is 4.74 Å². The van der Waals surface area contributed by atoms with Crippen LogP contribution in [0.5, 0.6) is 0 Å². The zero-order valence-electron chi connectivity index (χ0n) is 16.9. The van der Waals surface area contributed by atoms with E-state index in [1.54, 1.807) is 48.8 Å². The number of carbonyl (C=O) groups is 1. The van der Waals surface area contributed by atoms with Crippen molar-refractivity contribution < 1.29 is 9.53 Å². The summed E-state index contributed by atoms with van der Waals surface area (Å²) in [7, 11) is 1.34. The Bertz CT molecular complexity index is 1230. The molecule has 0 bridgehead atoms. The number of hydrogen-bond donors (Lipinski definition) is 2. The standard InChI is InChI=1S/C22H19N7O2/c1-14-5-3-8-17(25-14)20-23-11-9-18(28-20)27-19-10-12-24-22(29-19)26-16-7-4-6-15(13-16)21(30)31-2/h3-13H,1-2H3,(H2,23,24,26,27,28,29). The molecule has 154 valence electrons. The quantitative estimate of drug-likeness (QED) is 0.454. The fraction of sp³-hybridized carbons (Fsp3) is 0.0909. The van der Waals surface area contributed by atoms with Gasteiger partial charge in [-0.1, -0.05) is 12.1 Å². The highest BCUT2D eigenvalue weighted by Gasteiger charge is 2.08. The van der Waals surface area contributed by atoms with Gasteiger partial charge in [0.05, 0.1) is 12.7 Å². The first-order valence-electron chi connectivity index (χ1n) is 9.43. The van der Waals surface area contributed by atoms with Crippen LogP contribution in [0.25, 0.3) is 11.5 Å². The molecule has 0 spiro atoms. The number of hydrogen-bond acceptors (Lipinski definition) is 9. The highest BCUT2D eigenvalue weighted by Crippen LogP contribution is 2.19. The predicted molar refractivity (Wildman–Crippen MR) is 116 cm³/mol. The molecule has 0 saturated carbocycles. The summed E-state index contributed by atoms with van der Waals surface area (Å²) in [5.41, 5.74) is 2.68. The minimum Gasteiger partial charge on any atom is -0.465 e. The Morgan fingerprint density at radius 1 is 0.871 bits per heavy atom. The van der Waals surface area contributed by atoms with Gasteiger partial charge in [-0.25, -0.2) is 24.7 Å². The molecule has 1 aromatic carbocycles. The van der Waals surface area contributed by atoms with E-state index in [1.165, 1.54) is 7.11 Å².